The Bertz CT molecular complexity index is 705. The van der Waals surface area contributed by atoms with Crippen LogP contribution in [0.3, 0.4) is 0 Å². The van der Waals surface area contributed by atoms with Crippen molar-refractivity contribution in [3.63, 3.8) is 0 Å². The number of thiophene rings is 1. The number of aliphatic hydroxyl groups is 1. The van der Waals surface area contributed by atoms with Gasteiger partial charge in [0.15, 0.2) is 0 Å². The molecule has 1 aliphatic carbocycles. The molecule has 2 aromatic rings. The van der Waals surface area contributed by atoms with E-state index in [4.69, 9.17) is 0 Å². The lowest BCUT2D eigenvalue weighted by Crippen LogP contribution is -2.48. The van der Waals surface area contributed by atoms with Crippen LogP contribution in [0.4, 0.5) is 0 Å². The molecule has 1 aromatic heterocycles. The second-order valence-corrected chi connectivity index (χ2v) is 8.46. The number of carbonyl (C=O) groups excluding carboxylic acids is 1. The highest BCUT2D eigenvalue weighted by atomic mass is 32.1. The Morgan fingerprint density at radius 3 is 2.46 bits per heavy atom. The van der Waals surface area contributed by atoms with Crippen molar-refractivity contribution < 1.29 is 9.90 Å². The zero-order valence-corrected chi connectivity index (χ0v) is 15.7. The Kier molecular flexibility index (Phi) is 5.38. The fraction of sp³-hybridized carbons (Fsp3) is 0.476. The van der Waals surface area contributed by atoms with Crippen molar-refractivity contribution in [3.8, 4) is 0 Å². The van der Waals surface area contributed by atoms with E-state index in [1.165, 1.54) is 4.88 Å². The topological polar surface area (TPSA) is 52.6 Å². The summed E-state index contributed by atoms with van der Waals surface area (Å²) in [4.78, 5) is 15.9. The van der Waals surface area contributed by atoms with Gasteiger partial charge < -0.3 is 15.3 Å². The van der Waals surface area contributed by atoms with E-state index >= 15 is 0 Å². The molecular weight excluding hydrogens is 344 g/mol. The minimum Gasteiger partial charge on any atom is -0.393 e. The van der Waals surface area contributed by atoms with Gasteiger partial charge in [-0.15, -0.1) is 11.3 Å². The van der Waals surface area contributed by atoms with E-state index in [2.05, 4.69) is 22.8 Å². The molecule has 4 rings (SSSR count). The first-order chi connectivity index (χ1) is 12.7. The zero-order chi connectivity index (χ0) is 17.9. The van der Waals surface area contributed by atoms with Crippen LogP contribution in [0, 0.1) is 5.92 Å². The predicted octanol–water partition coefficient (Wildman–Crippen LogP) is 3.45. The molecule has 4 nitrogen and oxygen atoms in total. The molecule has 1 atom stereocenters. The summed E-state index contributed by atoms with van der Waals surface area (Å²) in [7, 11) is 0. The van der Waals surface area contributed by atoms with Gasteiger partial charge in [-0.05, 0) is 55.2 Å². The van der Waals surface area contributed by atoms with E-state index < -0.39 is 0 Å². The number of benzene rings is 1. The van der Waals surface area contributed by atoms with Crippen molar-refractivity contribution in [2.24, 2.45) is 5.92 Å². The molecule has 2 aliphatic rings. The second kappa shape index (κ2) is 7.91. The number of carbonyl (C=O) groups is 1. The molecule has 1 aromatic carbocycles. The van der Waals surface area contributed by atoms with Crippen LogP contribution in [-0.4, -0.2) is 41.1 Å². The Morgan fingerprint density at radius 1 is 1.12 bits per heavy atom. The third kappa shape index (κ3) is 3.85. The first kappa shape index (κ1) is 17.7. The number of nitrogens with zero attached hydrogens (tertiary/aromatic N) is 1. The maximum Gasteiger partial charge on any atom is 0.253 e. The molecule has 1 aliphatic heterocycles. The molecule has 2 N–H and O–H groups in total. The first-order valence-corrected chi connectivity index (χ1v) is 10.4. The van der Waals surface area contributed by atoms with E-state index in [-0.39, 0.29) is 12.0 Å². The SMILES string of the molecule is O=C(c1ccccc1)N1CCC(N[C@@H](c2cccs2)C2CC(O)C2)CC1. The van der Waals surface area contributed by atoms with Crippen molar-refractivity contribution >= 4 is 17.2 Å². The van der Waals surface area contributed by atoms with Crippen LogP contribution in [0.1, 0.15) is 47.0 Å². The molecule has 1 amide bonds. The summed E-state index contributed by atoms with van der Waals surface area (Å²) in [5, 5.41) is 15.7. The van der Waals surface area contributed by atoms with Gasteiger partial charge in [0.1, 0.15) is 0 Å². The van der Waals surface area contributed by atoms with Crippen LogP contribution >= 0.6 is 11.3 Å². The average molecular weight is 371 g/mol. The van der Waals surface area contributed by atoms with Crippen LogP contribution in [0.2, 0.25) is 0 Å². The number of amides is 1. The van der Waals surface area contributed by atoms with Gasteiger partial charge in [-0.1, -0.05) is 24.3 Å². The van der Waals surface area contributed by atoms with Crippen LogP contribution < -0.4 is 5.32 Å². The molecule has 0 bridgehead atoms. The molecule has 26 heavy (non-hydrogen) atoms. The molecule has 1 saturated heterocycles. The van der Waals surface area contributed by atoms with Crippen molar-refractivity contribution in [2.45, 2.75) is 43.9 Å². The van der Waals surface area contributed by atoms with Crippen LogP contribution in [-0.2, 0) is 0 Å². The van der Waals surface area contributed by atoms with Gasteiger partial charge in [0, 0.05) is 35.6 Å². The first-order valence-electron chi connectivity index (χ1n) is 9.52. The number of likely N-dealkylation sites (tertiary alicyclic amines) is 1. The molecule has 138 valence electrons. The number of piperidine rings is 1. The smallest absolute Gasteiger partial charge is 0.253 e. The van der Waals surface area contributed by atoms with Gasteiger partial charge in [0.25, 0.3) is 5.91 Å². The molecule has 0 radical (unpaired) electrons. The fourth-order valence-electron chi connectivity index (χ4n) is 4.09. The van der Waals surface area contributed by atoms with Crippen molar-refractivity contribution in [2.75, 3.05) is 13.1 Å². The lowest BCUT2D eigenvalue weighted by molar-refractivity contribution is 0.0202. The van der Waals surface area contributed by atoms with E-state index in [1.54, 1.807) is 11.3 Å². The van der Waals surface area contributed by atoms with Crippen molar-refractivity contribution in [3.05, 3.63) is 58.3 Å². The Balaban J connectivity index is 1.34. The van der Waals surface area contributed by atoms with E-state index in [0.29, 0.717) is 18.0 Å². The van der Waals surface area contributed by atoms with Crippen LogP contribution in [0.25, 0.3) is 0 Å². The molecule has 0 unspecified atom stereocenters. The monoisotopic (exact) mass is 370 g/mol. The summed E-state index contributed by atoms with van der Waals surface area (Å²) in [6.45, 7) is 1.60. The van der Waals surface area contributed by atoms with E-state index in [9.17, 15) is 9.90 Å². The Hall–Kier alpha value is -1.69. The molecule has 2 heterocycles. The number of hydrogen-bond donors (Lipinski definition) is 2. The molecule has 5 heteroatoms. The quantitative estimate of drug-likeness (QED) is 0.848. The highest BCUT2D eigenvalue weighted by molar-refractivity contribution is 7.10. The summed E-state index contributed by atoms with van der Waals surface area (Å²) in [6.07, 6.45) is 3.61. The number of aliphatic hydroxyl groups excluding tert-OH is 1. The van der Waals surface area contributed by atoms with Gasteiger partial charge in [0.05, 0.1) is 6.10 Å². The number of rotatable bonds is 5. The summed E-state index contributed by atoms with van der Waals surface area (Å²) in [5.74, 6) is 0.661. The predicted molar refractivity (Wildman–Crippen MR) is 104 cm³/mol. The number of nitrogens with one attached hydrogen (secondary N) is 1. The fourth-order valence-corrected chi connectivity index (χ4v) is 4.97. The van der Waals surface area contributed by atoms with Gasteiger partial charge in [-0.3, -0.25) is 4.79 Å². The lowest BCUT2D eigenvalue weighted by Gasteiger charge is -2.41. The standard InChI is InChI=1S/C21H26N2O2S/c24-18-13-16(14-18)20(19-7-4-12-26-19)22-17-8-10-23(11-9-17)21(25)15-5-2-1-3-6-15/h1-7,12,16-18,20,22,24H,8-11,13-14H2/t16?,18?,20-/m1/s1. The van der Waals surface area contributed by atoms with E-state index in [0.717, 1.165) is 44.3 Å². The maximum atomic E-state index is 12.6. The maximum absolute atomic E-state index is 12.6. The van der Waals surface area contributed by atoms with Crippen LogP contribution in [0.5, 0.6) is 0 Å². The second-order valence-electron chi connectivity index (χ2n) is 7.48. The molecular formula is C21H26N2O2S. The summed E-state index contributed by atoms with van der Waals surface area (Å²) in [5.41, 5.74) is 0.777. The number of hydrogen-bond acceptors (Lipinski definition) is 4. The van der Waals surface area contributed by atoms with Crippen molar-refractivity contribution in [1.82, 2.24) is 10.2 Å². The van der Waals surface area contributed by atoms with Gasteiger partial charge in [-0.25, -0.2) is 0 Å². The third-order valence-corrected chi connectivity index (χ3v) is 6.64. The normalized spacial score (nSPS) is 24.9. The van der Waals surface area contributed by atoms with Crippen molar-refractivity contribution in [1.29, 1.82) is 0 Å². The Labute approximate surface area is 158 Å². The molecule has 1 saturated carbocycles. The highest BCUT2D eigenvalue weighted by Crippen LogP contribution is 2.40. The minimum absolute atomic E-state index is 0.130. The Morgan fingerprint density at radius 2 is 1.85 bits per heavy atom. The summed E-state index contributed by atoms with van der Waals surface area (Å²) < 4.78 is 0. The summed E-state index contributed by atoms with van der Waals surface area (Å²) >= 11 is 1.79. The average Bonchev–Trinajstić information content (AvgIpc) is 3.19. The third-order valence-electron chi connectivity index (χ3n) is 5.69. The highest BCUT2D eigenvalue weighted by Gasteiger charge is 2.36. The van der Waals surface area contributed by atoms with Gasteiger partial charge in [0.2, 0.25) is 0 Å². The lowest BCUT2D eigenvalue weighted by atomic mass is 9.76. The largest absolute Gasteiger partial charge is 0.393 e. The molecule has 2 fully saturated rings. The molecule has 0 spiro atoms. The van der Waals surface area contributed by atoms with Crippen LogP contribution in [0.15, 0.2) is 47.8 Å². The summed E-state index contributed by atoms with van der Waals surface area (Å²) in [6, 6.07) is 14.6. The van der Waals surface area contributed by atoms with E-state index in [1.807, 2.05) is 35.2 Å². The zero-order valence-electron chi connectivity index (χ0n) is 14.9. The minimum atomic E-state index is -0.130. The van der Waals surface area contributed by atoms with Gasteiger partial charge >= 0.3 is 0 Å². The van der Waals surface area contributed by atoms with Gasteiger partial charge in [-0.2, -0.15) is 0 Å².